The van der Waals surface area contributed by atoms with E-state index in [9.17, 15) is 19.2 Å². The number of carbonyl (C=O) groups is 4. The second-order valence-electron chi connectivity index (χ2n) is 6.79. The molecule has 0 radical (unpaired) electrons. The zero-order valence-corrected chi connectivity index (χ0v) is 16.6. The Hall–Kier alpha value is -2.38. The van der Waals surface area contributed by atoms with E-state index in [0.717, 1.165) is 51.4 Å². The number of imide groups is 1. The van der Waals surface area contributed by atoms with Crippen molar-refractivity contribution < 1.29 is 28.8 Å². The quantitative estimate of drug-likeness (QED) is 0.259. The van der Waals surface area contributed by atoms with Gasteiger partial charge < -0.3 is 14.9 Å². The van der Waals surface area contributed by atoms with Crippen molar-refractivity contribution in [3.63, 3.8) is 0 Å². The van der Waals surface area contributed by atoms with E-state index < -0.39 is 23.9 Å². The van der Waals surface area contributed by atoms with Gasteiger partial charge in [0.2, 0.25) is 0 Å². The molecule has 0 bridgehead atoms. The summed E-state index contributed by atoms with van der Waals surface area (Å²) >= 11 is 0. The molecule has 0 atom stereocenters. The minimum Gasteiger partial charge on any atom is -0.445 e. The lowest BCUT2D eigenvalue weighted by molar-refractivity contribution is -0.197. The van der Waals surface area contributed by atoms with E-state index in [2.05, 4.69) is 11.9 Å². The van der Waals surface area contributed by atoms with Gasteiger partial charge in [0.15, 0.2) is 0 Å². The Morgan fingerprint density at radius 3 is 2.04 bits per heavy atom. The zero-order valence-electron chi connectivity index (χ0n) is 16.6. The van der Waals surface area contributed by atoms with Crippen molar-refractivity contribution in [2.75, 3.05) is 13.2 Å². The molecule has 0 aromatic carbocycles. The first-order valence-electron chi connectivity index (χ1n) is 10.1. The highest BCUT2D eigenvalue weighted by atomic mass is 16.7. The third kappa shape index (κ3) is 10.7. The first kappa shape index (κ1) is 23.7. The predicted molar refractivity (Wildman–Crippen MR) is 103 cm³/mol. The Bertz CT molecular complexity index is 519. The van der Waals surface area contributed by atoms with Crippen LogP contribution < -0.4 is 5.32 Å². The number of carbonyl (C=O) groups excluding carboxylic acids is 4. The number of unbranched alkanes of at least 4 members (excludes halogenated alkanes) is 8. The number of nitrogens with one attached hydrogen (secondary N) is 1. The Balaban J connectivity index is 1.84. The maximum Gasteiger partial charge on any atom is 0.407 e. The first-order valence-corrected chi connectivity index (χ1v) is 10.1. The molecule has 1 aliphatic heterocycles. The SMILES string of the molecule is C=CCOC(=O)NCCCCCCCCCCCC(=O)ON1C(=O)CCC1=O. The number of amides is 3. The molecule has 1 fully saturated rings. The highest BCUT2D eigenvalue weighted by Gasteiger charge is 2.32. The number of hydrogen-bond acceptors (Lipinski definition) is 6. The Kier molecular flexibility index (Phi) is 12.4. The van der Waals surface area contributed by atoms with E-state index in [0.29, 0.717) is 18.0 Å². The average molecular weight is 396 g/mol. The number of ether oxygens (including phenoxy) is 1. The van der Waals surface area contributed by atoms with Crippen molar-refractivity contribution in [3.05, 3.63) is 12.7 Å². The largest absolute Gasteiger partial charge is 0.445 e. The van der Waals surface area contributed by atoms with Crippen molar-refractivity contribution in [1.82, 2.24) is 10.4 Å². The van der Waals surface area contributed by atoms with Gasteiger partial charge in [0.05, 0.1) is 0 Å². The number of rotatable bonds is 15. The molecule has 1 heterocycles. The summed E-state index contributed by atoms with van der Waals surface area (Å²) in [4.78, 5) is 50.3. The van der Waals surface area contributed by atoms with E-state index >= 15 is 0 Å². The molecule has 0 saturated carbocycles. The molecule has 8 nitrogen and oxygen atoms in total. The van der Waals surface area contributed by atoms with E-state index in [4.69, 9.17) is 9.57 Å². The molecular formula is C20H32N2O6. The number of nitrogens with zero attached hydrogens (tertiary/aromatic N) is 1. The normalized spacial score (nSPS) is 13.5. The molecule has 1 aliphatic rings. The van der Waals surface area contributed by atoms with Gasteiger partial charge in [0.1, 0.15) is 6.61 Å². The topological polar surface area (TPSA) is 102 Å². The van der Waals surface area contributed by atoms with Crippen molar-refractivity contribution in [2.24, 2.45) is 0 Å². The van der Waals surface area contributed by atoms with Gasteiger partial charge in [0.25, 0.3) is 11.8 Å². The van der Waals surface area contributed by atoms with Gasteiger partial charge in [-0.1, -0.05) is 57.6 Å². The van der Waals surface area contributed by atoms with Crippen LogP contribution in [0.3, 0.4) is 0 Å². The first-order chi connectivity index (χ1) is 13.5. The van der Waals surface area contributed by atoms with E-state index in [-0.39, 0.29) is 25.9 Å². The summed E-state index contributed by atoms with van der Waals surface area (Å²) in [6, 6.07) is 0. The third-order valence-electron chi connectivity index (χ3n) is 4.36. The van der Waals surface area contributed by atoms with Gasteiger partial charge in [-0.25, -0.2) is 9.59 Å². The van der Waals surface area contributed by atoms with Crippen molar-refractivity contribution >= 4 is 23.9 Å². The summed E-state index contributed by atoms with van der Waals surface area (Å²) in [5.41, 5.74) is 0. The van der Waals surface area contributed by atoms with Gasteiger partial charge in [-0.3, -0.25) is 9.59 Å². The number of alkyl carbamates (subject to hydrolysis) is 1. The molecule has 8 heteroatoms. The number of hydroxylamine groups is 2. The maximum atomic E-state index is 11.6. The smallest absolute Gasteiger partial charge is 0.407 e. The molecule has 28 heavy (non-hydrogen) atoms. The highest BCUT2D eigenvalue weighted by Crippen LogP contribution is 2.14. The number of hydrogen-bond donors (Lipinski definition) is 1. The summed E-state index contributed by atoms with van der Waals surface area (Å²) < 4.78 is 4.81. The highest BCUT2D eigenvalue weighted by molar-refractivity contribution is 6.01. The minimum atomic E-state index is -0.523. The van der Waals surface area contributed by atoms with Crippen LogP contribution in [0.5, 0.6) is 0 Å². The molecule has 3 amide bonds. The lowest BCUT2D eigenvalue weighted by Gasteiger charge is -2.12. The minimum absolute atomic E-state index is 0.116. The van der Waals surface area contributed by atoms with Gasteiger partial charge in [0, 0.05) is 25.8 Å². The van der Waals surface area contributed by atoms with Crippen molar-refractivity contribution in [3.8, 4) is 0 Å². The van der Waals surface area contributed by atoms with Gasteiger partial charge in [-0.15, -0.1) is 5.06 Å². The van der Waals surface area contributed by atoms with Crippen LogP contribution in [-0.2, 0) is 24.0 Å². The molecule has 0 aromatic heterocycles. The van der Waals surface area contributed by atoms with Crippen LogP contribution in [0.2, 0.25) is 0 Å². The molecule has 1 N–H and O–H groups in total. The van der Waals surface area contributed by atoms with Crippen LogP contribution in [0.4, 0.5) is 4.79 Å². The standard InChI is InChI=1S/C20H32N2O6/c1-2-16-27-20(26)21-15-11-9-7-5-3-4-6-8-10-12-19(25)28-22-17(23)13-14-18(22)24/h2H,1,3-16H2,(H,21,26). The third-order valence-corrected chi connectivity index (χ3v) is 4.36. The van der Waals surface area contributed by atoms with Crippen LogP contribution >= 0.6 is 0 Å². The van der Waals surface area contributed by atoms with E-state index in [1.165, 1.54) is 6.08 Å². The lowest BCUT2D eigenvalue weighted by Crippen LogP contribution is -2.31. The van der Waals surface area contributed by atoms with Gasteiger partial charge in [-0.05, 0) is 12.8 Å². The van der Waals surface area contributed by atoms with Gasteiger partial charge >= 0.3 is 12.1 Å². The van der Waals surface area contributed by atoms with E-state index in [1.54, 1.807) is 0 Å². The monoisotopic (exact) mass is 396 g/mol. The summed E-state index contributed by atoms with van der Waals surface area (Å²) in [7, 11) is 0. The fourth-order valence-electron chi connectivity index (χ4n) is 2.81. The second-order valence-corrected chi connectivity index (χ2v) is 6.79. The van der Waals surface area contributed by atoms with Gasteiger partial charge in [-0.2, -0.15) is 0 Å². The lowest BCUT2D eigenvalue weighted by atomic mass is 10.1. The summed E-state index contributed by atoms with van der Waals surface area (Å²) in [5.74, 6) is -1.41. The Morgan fingerprint density at radius 2 is 1.46 bits per heavy atom. The average Bonchev–Trinajstić information content (AvgIpc) is 2.99. The second kappa shape index (κ2) is 14.6. The fraction of sp³-hybridized carbons (Fsp3) is 0.700. The van der Waals surface area contributed by atoms with Crippen molar-refractivity contribution in [2.45, 2.75) is 77.0 Å². The van der Waals surface area contributed by atoms with Crippen LogP contribution in [0.25, 0.3) is 0 Å². The molecule has 1 saturated heterocycles. The molecule has 0 spiro atoms. The Labute approximate surface area is 166 Å². The van der Waals surface area contributed by atoms with Crippen LogP contribution in [0.15, 0.2) is 12.7 Å². The summed E-state index contributed by atoms with van der Waals surface area (Å²) in [6.07, 6.45) is 10.8. The fourth-order valence-corrected chi connectivity index (χ4v) is 2.81. The summed E-state index contributed by atoms with van der Waals surface area (Å²) in [5, 5.41) is 3.29. The predicted octanol–water partition coefficient (Wildman–Crippen LogP) is 3.41. The van der Waals surface area contributed by atoms with E-state index in [1.807, 2.05) is 0 Å². The maximum absolute atomic E-state index is 11.6. The molecular weight excluding hydrogens is 364 g/mol. The van der Waals surface area contributed by atoms with Crippen LogP contribution in [0, 0.1) is 0 Å². The molecule has 0 aromatic rings. The zero-order chi connectivity index (χ0) is 20.6. The molecule has 1 rings (SSSR count). The van der Waals surface area contributed by atoms with Crippen molar-refractivity contribution in [1.29, 1.82) is 0 Å². The Morgan fingerprint density at radius 1 is 0.929 bits per heavy atom. The van der Waals surface area contributed by atoms with Crippen LogP contribution in [-0.4, -0.2) is 42.1 Å². The summed E-state index contributed by atoms with van der Waals surface area (Å²) in [6.45, 7) is 4.33. The molecule has 0 aliphatic carbocycles. The van der Waals surface area contributed by atoms with Crippen LogP contribution in [0.1, 0.15) is 77.0 Å². The molecule has 158 valence electrons. The molecule has 0 unspecified atom stereocenters.